The van der Waals surface area contributed by atoms with Gasteiger partial charge in [-0.15, -0.1) is 0 Å². The zero-order chi connectivity index (χ0) is 14.8. The maximum absolute atomic E-state index is 12.1. The number of carboxylic acid groups (broad SMARTS) is 1. The zero-order valence-electron chi connectivity index (χ0n) is 11.5. The van der Waals surface area contributed by atoms with E-state index in [2.05, 4.69) is 10.5 Å². The molecule has 1 aliphatic rings. The summed E-state index contributed by atoms with van der Waals surface area (Å²) < 4.78 is 4.99. The minimum atomic E-state index is -1.19. The summed E-state index contributed by atoms with van der Waals surface area (Å²) >= 11 is 1.70. The molecule has 7 heteroatoms. The van der Waals surface area contributed by atoms with Crippen LogP contribution in [0.4, 0.5) is 0 Å². The molecular weight excluding hydrogens is 280 g/mol. The van der Waals surface area contributed by atoms with Gasteiger partial charge in [0, 0.05) is 6.07 Å². The van der Waals surface area contributed by atoms with E-state index >= 15 is 0 Å². The lowest BCUT2D eigenvalue weighted by molar-refractivity contribution is -0.144. The van der Waals surface area contributed by atoms with Crippen LogP contribution in [0.2, 0.25) is 0 Å². The van der Waals surface area contributed by atoms with E-state index in [0.717, 1.165) is 11.5 Å². The van der Waals surface area contributed by atoms with Gasteiger partial charge < -0.3 is 14.9 Å². The highest BCUT2D eigenvalue weighted by Gasteiger charge is 2.42. The molecular formula is C13H18N2O4S. The van der Waals surface area contributed by atoms with Crippen molar-refractivity contribution in [3.63, 3.8) is 0 Å². The largest absolute Gasteiger partial charge is 0.480 e. The van der Waals surface area contributed by atoms with Crippen LogP contribution < -0.4 is 5.32 Å². The summed E-state index contributed by atoms with van der Waals surface area (Å²) in [6.45, 7) is 3.88. The summed E-state index contributed by atoms with van der Waals surface area (Å²) in [6, 6.07) is 1.56. The van der Waals surface area contributed by atoms with Crippen LogP contribution in [0.5, 0.6) is 0 Å². The molecule has 110 valence electrons. The van der Waals surface area contributed by atoms with Crippen molar-refractivity contribution in [3.8, 4) is 0 Å². The quantitative estimate of drug-likeness (QED) is 0.881. The summed E-state index contributed by atoms with van der Waals surface area (Å²) in [5.74, 6) is 0.154. The van der Waals surface area contributed by atoms with Crippen LogP contribution >= 0.6 is 11.8 Å². The van der Waals surface area contributed by atoms with Gasteiger partial charge >= 0.3 is 5.97 Å². The maximum Gasteiger partial charge on any atom is 0.329 e. The fourth-order valence-electron chi connectivity index (χ4n) is 2.06. The first-order chi connectivity index (χ1) is 9.44. The molecule has 2 N–H and O–H groups in total. The molecule has 1 aromatic rings. The first-order valence-corrected chi connectivity index (χ1v) is 7.70. The summed E-state index contributed by atoms with van der Waals surface area (Å²) in [7, 11) is 0. The molecule has 0 aromatic carbocycles. The van der Waals surface area contributed by atoms with Crippen LogP contribution in [0.3, 0.4) is 0 Å². The van der Waals surface area contributed by atoms with E-state index in [4.69, 9.17) is 4.52 Å². The Morgan fingerprint density at radius 1 is 1.45 bits per heavy atom. The Kier molecular flexibility index (Phi) is 4.37. The van der Waals surface area contributed by atoms with Crippen molar-refractivity contribution >= 4 is 23.6 Å². The van der Waals surface area contributed by atoms with E-state index in [1.54, 1.807) is 17.8 Å². The molecule has 0 saturated carbocycles. The van der Waals surface area contributed by atoms with Gasteiger partial charge in [-0.2, -0.15) is 11.8 Å². The Hall–Kier alpha value is -1.50. The second-order valence-electron chi connectivity index (χ2n) is 5.22. The molecule has 0 spiro atoms. The molecule has 0 unspecified atom stereocenters. The van der Waals surface area contributed by atoms with Gasteiger partial charge in [0.1, 0.15) is 5.54 Å². The molecule has 1 aromatic heterocycles. The Morgan fingerprint density at radius 3 is 2.60 bits per heavy atom. The minimum Gasteiger partial charge on any atom is -0.480 e. The first kappa shape index (κ1) is 14.9. The maximum atomic E-state index is 12.1. The highest BCUT2D eigenvalue weighted by Crippen LogP contribution is 2.28. The van der Waals surface area contributed by atoms with Gasteiger partial charge in [0.05, 0.1) is 5.69 Å². The number of aromatic nitrogens is 1. The van der Waals surface area contributed by atoms with E-state index in [1.165, 1.54) is 0 Å². The fraction of sp³-hybridized carbons (Fsp3) is 0.615. The third kappa shape index (κ3) is 2.98. The summed E-state index contributed by atoms with van der Waals surface area (Å²) in [5, 5.41) is 15.8. The number of carbonyl (C=O) groups excluding carboxylic acids is 1. The van der Waals surface area contributed by atoms with Gasteiger partial charge in [0.15, 0.2) is 0 Å². The first-order valence-electron chi connectivity index (χ1n) is 6.55. The van der Waals surface area contributed by atoms with Crippen molar-refractivity contribution in [1.29, 1.82) is 0 Å². The number of hydrogen-bond donors (Lipinski definition) is 2. The lowest BCUT2D eigenvalue weighted by atomic mass is 9.92. The number of rotatable bonds is 4. The molecule has 0 bridgehead atoms. The Bertz CT molecular complexity index is 506. The van der Waals surface area contributed by atoms with Gasteiger partial charge in [0.2, 0.25) is 5.76 Å². The van der Waals surface area contributed by atoms with Crippen LogP contribution in [0.25, 0.3) is 0 Å². The van der Waals surface area contributed by atoms with E-state index in [9.17, 15) is 14.7 Å². The Balaban J connectivity index is 2.13. The number of carbonyl (C=O) groups is 2. The number of amides is 1. The van der Waals surface area contributed by atoms with Crippen molar-refractivity contribution in [3.05, 3.63) is 17.5 Å². The number of carboxylic acids is 1. The highest BCUT2D eigenvalue weighted by molar-refractivity contribution is 7.99. The van der Waals surface area contributed by atoms with E-state index in [0.29, 0.717) is 18.5 Å². The minimum absolute atomic E-state index is 0.0625. The van der Waals surface area contributed by atoms with Crippen LogP contribution in [0, 0.1) is 0 Å². The molecule has 0 aliphatic carbocycles. The second-order valence-corrected chi connectivity index (χ2v) is 6.45. The lowest BCUT2D eigenvalue weighted by Gasteiger charge is -2.33. The predicted molar refractivity (Wildman–Crippen MR) is 75.0 cm³/mol. The standard InChI is InChI=1S/C13H18N2O4S/c1-8(2)9-7-10(19-15-9)11(16)14-13(12(17)18)3-5-20-6-4-13/h7-8H,3-6H2,1-2H3,(H,14,16)(H,17,18). The molecule has 1 fully saturated rings. The van der Waals surface area contributed by atoms with Crippen molar-refractivity contribution in [2.45, 2.75) is 38.1 Å². The summed E-state index contributed by atoms with van der Waals surface area (Å²) in [6.07, 6.45) is 0.841. The topological polar surface area (TPSA) is 92.4 Å². The number of nitrogens with zero attached hydrogens (tertiary/aromatic N) is 1. The van der Waals surface area contributed by atoms with Crippen molar-refractivity contribution in [1.82, 2.24) is 10.5 Å². The smallest absolute Gasteiger partial charge is 0.329 e. The number of thioether (sulfide) groups is 1. The molecule has 1 amide bonds. The molecule has 6 nitrogen and oxygen atoms in total. The molecule has 1 saturated heterocycles. The van der Waals surface area contributed by atoms with Gasteiger partial charge in [0.25, 0.3) is 5.91 Å². The lowest BCUT2D eigenvalue weighted by Crippen LogP contribution is -2.56. The van der Waals surface area contributed by atoms with Crippen LogP contribution in [-0.2, 0) is 4.79 Å². The third-order valence-electron chi connectivity index (χ3n) is 3.45. The second kappa shape index (κ2) is 5.87. The highest BCUT2D eigenvalue weighted by atomic mass is 32.2. The number of aliphatic carboxylic acids is 1. The Morgan fingerprint density at radius 2 is 2.10 bits per heavy atom. The number of nitrogens with one attached hydrogen (secondary N) is 1. The number of hydrogen-bond acceptors (Lipinski definition) is 5. The summed E-state index contributed by atoms with van der Waals surface area (Å²) in [4.78, 5) is 23.6. The van der Waals surface area contributed by atoms with Crippen LogP contribution in [0.1, 0.15) is 48.9 Å². The fourth-order valence-corrected chi connectivity index (χ4v) is 3.25. The van der Waals surface area contributed by atoms with Gasteiger partial charge in [-0.1, -0.05) is 19.0 Å². The molecule has 2 rings (SSSR count). The third-order valence-corrected chi connectivity index (χ3v) is 4.44. The van der Waals surface area contributed by atoms with Crippen LogP contribution in [-0.4, -0.2) is 39.2 Å². The van der Waals surface area contributed by atoms with Gasteiger partial charge in [-0.3, -0.25) is 4.79 Å². The molecule has 20 heavy (non-hydrogen) atoms. The van der Waals surface area contributed by atoms with Crippen molar-refractivity contribution < 1.29 is 19.2 Å². The van der Waals surface area contributed by atoms with E-state index in [1.807, 2.05) is 13.8 Å². The normalized spacial score (nSPS) is 17.9. The van der Waals surface area contributed by atoms with E-state index < -0.39 is 17.4 Å². The van der Waals surface area contributed by atoms with Crippen molar-refractivity contribution in [2.75, 3.05) is 11.5 Å². The molecule has 0 radical (unpaired) electrons. The van der Waals surface area contributed by atoms with Gasteiger partial charge in [-0.25, -0.2) is 4.79 Å². The predicted octanol–water partition coefficient (Wildman–Crippen LogP) is 1.88. The van der Waals surface area contributed by atoms with E-state index in [-0.39, 0.29) is 11.7 Å². The van der Waals surface area contributed by atoms with Crippen LogP contribution in [0.15, 0.2) is 10.6 Å². The van der Waals surface area contributed by atoms with Gasteiger partial charge in [-0.05, 0) is 30.3 Å². The Labute approximate surface area is 121 Å². The zero-order valence-corrected chi connectivity index (χ0v) is 12.3. The molecule has 1 aliphatic heterocycles. The molecule has 2 heterocycles. The SMILES string of the molecule is CC(C)c1cc(C(=O)NC2(C(=O)O)CCSCC2)on1. The molecule has 0 atom stereocenters. The summed E-state index contributed by atoms with van der Waals surface area (Å²) in [5.41, 5.74) is -0.508. The average molecular weight is 298 g/mol. The average Bonchev–Trinajstić information content (AvgIpc) is 2.89. The monoisotopic (exact) mass is 298 g/mol. The van der Waals surface area contributed by atoms with Crippen molar-refractivity contribution in [2.24, 2.45) is 0 Å².